The van der Waals surface area contributed by atoms with Crippen LogP contribution in [0.2, 0.25) is 0 Å². The Morgan fingerprint density at radius 1 is 1.08 bits per heavy atom. The summed E-state index contributed by atoms with van der Waals surface area (Å²) in [5.74, 6) is 2.35. The van der Waals surface area contributed by atoms with Crippen molar-refractivity contribution in [2.24, 2.45) is 0 Å². The maximum atomic E-state index is 13.7. The van der Waals surface area contributed by atoms with Crippen LogP contribution in [0.15, 0.2) is 30.3 Å². The van der Waals surface area contributed by atoms with Crippen LogP contribution in [0.25, 0.3) is 0 Å². The van der Waals surface area contributed by atoms with E-state index in [9.17, 15) is 4.39 Å². The molecule has 0 spiro atoms. The average Bonchev–Trinajstić information content (AvgIpc) is 2.56. The maximum Gasteiger partial charge on any atom is 0.134 e. The zero-order valence-corrected chi connectivity index (χ0v) is 14.8. The molecule has 0 atom stereocenters. The van der Waals surface area contributed by atoms with E-state index >= 15 is 0 Å². The normalized spacial score (nSPS) is 10.7. The van der Waals surface area contributed by atoms with Crippen molar-refractivity contribution in [1.82, 2.24) is 9.97 Å². The standard InChI is InChI=1S/C19H27FN4/c1-4-12-24(13-5-2)19-14-18(22-15(3)23-19)21-11-10-16-8-6-7-9-17(16)20/h6-9,14H,4-5,10-13H2,1-3H3,(H,21,22,23). The molecule has 0 fully saturated rings. The van der Waals surface area contributed by atoms with Gasteiger partial charge in [-0.3, -0.25) is 0 Å². The minimum atomic E-state index is -0.157. The van der Waals surface area contributed by atoms with Crippen molar-refractivity contribution in [3.8, 4) is 0 Å². The Labute approximate surface area is 144 Å². The Hall–Kier alpha value is -2.17. The van der Waals surface area contributed by atoms with Crippen LogP contribution in [0, 0.1) is 12.7 Å². The summed E-state index contributed by atoms with van der Waals surface area (Å²) < 4.78 is 13.7. The average molecular weight is 330 g/mol. The number of benzene rings is 1. The third-order valence-corrected chi connectivity index (χ3v) is 3.79. The maximum absolute atomic E-state index is 13.7. The van der Waals surface area contributed by atoms with Crippen LogP contribution in [0.1, 0.15) is 38.1 Å². The molecule has 5 heteroatoms. The van der Waals surface area contributed by atoms with Gasteiger partial charge in [0.2, 0.25) is 0 Å². The number of halogens is 1. The Bertz CT molecular complexity index is 639. The van der Waals surface area contributed by atoms with Crippen LogP contribution in [-0.2, 0) is 6.42 Å². The van der Waals surface area contributed by atoms with Crippen molar-refractivity contribution in [2.75, 3.05) is 29.9 Å². The Morgan fingerprint density at radius 2 is 1.79 bits per heavy atom. The lowest BCUT2D eigenvalue weighted by Crippen LogP contribution is -2.26. The number of aryl methyl sites for hydroxylation is 1. The Balaban J connectivity index is 2.03. The van der Waals surface area contributed by atoms with Crippen LogP contribution in [0.3, 0.4) is 0 Å². The predicted octanol–water partition coefficient (Wildman–Crippen LogP) is 4.21. The molecule has 0 unspecified atom stereocenters. The molecule has 0 amide bonds. The van der Waals surface area contributed by atoms with Crippen molar-refractivity contribution in [2.45, 2.75) is 40.0 Å². The van der Waals surface area contributed by atoms with Gasteiger partial charge in [-0.25, -0.2) is 14.4 Å². The summed E-state index contributed by atoms with van der Waals surface area (Å²) in [6.07, 6.45) is 2.79. The summed E-state index contributed by atoms with van der Waals surface area (Å²) in [5, 5.41) is 3.30. The molecule has 0 aliphatic heterocycles. The predicted molar refractivity (Wildman–Crippen MR) is 98.2 cm³/mol. The van der Waals surface area contributed by atoms with Gasteiger partial charge in [-0.2, -0.15) is 0 Å². The van der Waals surface area contributed by atoms with Crippen LogP contribution < -0.4 is 10.2 Å². The summed E-state index contributed by atoms with van der Waals surface area (Å²) >= 11 is 0. The molecule has 1 heterocycles. The molecule has 1 aromatic heterocycles. The molecule has 2 aromatic rings. The van der Waals surface area contributed by atoms with Crippen LogP contribution >= 0.6 is 0 Å². The number of hydrogen-bond donors (Lipinski definition) is 1. The highest BCUT2D eigenvalue weighted by atomic mass is 19.1. The van der Waals surface area contributed by atoms with E-state index in [1.54, 1.807) is 6.07 Å². The van der Waals surface area contributed by atoms with Gasteiger partial charge in [-0.15, -0.1) is 0 Å². The Kier molecular flexibility index (Phi) is 6.97. The second-order valence-corrected chi connectivity index (χ2v) is 5.91. The van der Waals surface area contributed by atoms with Crippen molar-refractivity contribution < 1.29 is 4.39 Å². The van der Waals surface area contributed by atoms with Gasteiger partial charge in [0.15, 0.2) is 0 Å². The van der Waals surface area contributed by atoms with E-state index < -0.39 is 0 Å². The minimum Gasteiger partial charge on any atom is -0.370 e. The summed E-state index contributed by atoms with van der Waals surface area (Å²) in [7, 11) is 0. The third-order valence-electron chi connectivity index (χ3n) is 3.79. The van der Waals surface area contributed by atoms with E-state index in [1.807, 2.05) is 25.1 Å². The molecule has 0 aliphatic rings. The molecule has 130 valence electrons. The number of anilines is 2. The minimum absolute atomic E-state index is 0.157. The van der Waals surface area contributed by atoms with Crippen LogP contribution in [0.4, 0.5) is 16.0 Å². The first-order valence-electron chi connectivity index (χ1n) is 8.72. The fraction of sp³-hybridized carbons (Fsp3) is 0.474. The molecule has 0 saturated heterocycles. The molecule has 0 aliphatic carbocycles. The number of hydrogen-bond acceptors (Lipinski definition) is 4. The SMILES string of the molecule is CCCN(CCC)c1cc(NCCc2ccccc2F)nc(C)n1. The zero-order valence-electron chi connectivity index (χ0n) is 14.8. The molecule has 1 N–H and O–H groups in total. The van der Waals surface area contributed by atoms with E-state index in [0.29, 0.717) is 13.0 Å². The lowest BCUT2D eigenvalue weighted by atomic mass is 10.1. The second kappa shape index (κ2) is 9.21. The monoisotopic (exact) mass is 330 g/mol. The summed E-state index contributed by atoms with van der Waals surface area (Å²) in [6, 6.07) is 8.87. The van der Waals surface area contributed by atoms with Gasteiger partial charge in [0.1, 0.15) is 23.3 Å². The molecule has 1 aromatic carbocycles. The topological polar surface area (TPSA) is 41.0 Å². The molecule has 0 radical (unpaired) electrons. The molecule has 2 rings (SSSR count). The lowest BCUT2D eigenvalue weighted by Gasteiger charge is -2.23. The van der Waals surface area contributed by atoms with E-state index in [2.05, 4.69) is 34.0 Å². The summed E-state index contributed by atoms with van der Waals surface area (Å²) in [5.41, 5.74) is 0.717. The first-order valence-corrected chi connectivity index (χ1v) is 8.72. The first kappa shape index (κ1) is 18.2. The highest BCUT2D eigenvalue weighted by Crippen LogP contribution is 2.17. The summed E-state index contributed by atoms with van der Waals surface area (Å²) in [6.45, 7) is 8.85. The molecule has 24 heavy (non-hydrogen) atoms. The summed E-state index contributed by atoms with van der Waals surface area (Å²) in [4.78, 5) is 11.3. The van der Waals surface area contributed by atoms with E-state index in [0.717, 1.165) is 49.0 Å². The van der Waals surface area contributed by atoms with Gasteiger partial charge in [0.05, 0.1) is 0 Å². The number of nitrogens with one attached hydrogen (secondary N) is 1. The highest BCUT2D eigenvalue weighted by Gasteiger charge is 2.09. The largest absolute Gasteiger partial charge is 0.370 e. The van der Waals surface area contributed by atoms with Crippen LogP contribution in [0.5, 0.6) is 0 Å². The zero-order chi connectivity index (χ0) is 17.4. The van der Waals surface area contributed by atoms with Gasteiger partial charge >= 0.3 is 0 Å². The molecular weight excluding hydrogens is 303 g/mol. The second-order valence-electron chi connectivity index (χ2n) is 5.91. The van der Waals surface area contributed by atoms with Crippen molar-refractivity contribution in [1.29, 1.82) is 0 Å². The fourth-order valence-corrected chi connectivity index (χ4v) is 2.71. The van der Waals surface area contributed by atoms with Gasteiger partial charge in [0.25, 0.3) is 0 Å². The van der Waals surface area contributed by atoms with Crippen LogP contribution in [-0.4, -0.2) is 29.6 Å². The third kappa shape index (κ3) is 5.18. The van der Waals surface area contributed by atoms with E-state index in [-0.39, 0.29) is 5.82 Å². The number of rotatable bonds is 9. The fourth-order valence-electron chi connectivity index (χ4n) is 2.71. The molecule has 4 nitrogen and oxygen atoms in total. The van der Waals surface area contributed by atoms with E-state index in [4.69, 9.17) is 0 Å². The van der Waals surface area contributed by atoms with Crippen molar-refractivity contribution >= 4 is 11.6 Å². The highest BCUT2D eigenvalue weighted by molar-refractivity contribution is 5.49. The van der Waals surface area contributed by atoms with Crippen molar-refractivity contribution in [3.05, 3.63) is 47.5 Å². The number of nitrogens with zero attached hydrogens (tertiary/aromatic N) is 3. The van der Waals surface area contributed by atoms with Gasteiger partial charge in [0, 0.05) is 25.7 Å². The van der Waals surface area contributed by atoms with E-state index in [1.165, 1.54) is 6.07 Å². The van der Waals surface area contributed by atoms with Gasteiger partial charge in [-0.1, -0.05) is 32.0 Å². The smallest absolute Gasteiger partial charge is 0.134 e. The molecule has 0 saturated carbocycles. The van der Waals surface area contributed by atoms with Crippen molar-refractivity contribution in [3.63, 3.8) is 0 Å². The molecule has 0 bridgehead atoms. The number of aromatic nitrogens is 2. The Morgan fingerprint density at radius 3 is 2.46 bits per heavy atom. The van der Waals surface area contributed by atoms with Gasteiger partial charge in [-0.05, 0) is 37.8 Å². The first-order chi connectivity index (χ1) is 11.6. The lowest BCUT2D eigenvalue weighted by molar-refractivity contribution is 0.610. The quantitative estimate of drug-likeness (QED) is 0.748. The molecular formula is C19H27FN4. The van der Waals surface area contributed by atoms with Gasteiger partial charge < -0.3 is 10.2 Å².